The van der Waals surface area contributed by atoms with Crippen LogP contribution >= 0.6 is 11.6 Å². The zero-order valence-electron chi connectivity index (χ0n) is 8.84. The highest BCUT2D eigenvalue weighted by atomic mass is 35.5. The minimum Gasteiger partial charge on any atom is -0.393 e. The molecule has 0 amide bonds. The van der Waals surface area contributed by atoms with Crippen LogP contribution in [0.4, 0.5) is 4.39 Å². The van der Waals surface area contributed by atoms with Crippen LogP contribution in [0, 0.1) is 5.82 Å². The summed E-state index contributed by atoms with van der Waals surface area (Å²) in [6.07, 6.45) is 2.80. The maximum Gasteiger partial charge on any atom is 0.123 e. The minimum atomic E-state index is -0.259. The summed E-state index contributed by atoms with van der Waals surface area (Å²) in [4.78, 5) is 0. The summed E-state index contributed by atoms with van der Waals surface area (Å²) in [6.45, 7) is 1.94. The lowest BCUT2D eigenvalue weighted by atomic mass is 10.0. The molecule has 1 atom stereocenters. The third-order valence-electron chi connectivity index (χ3n) is 2.46. The quantitative estimate of drug-likeness (QED) is 0.820. The zero-order valence-corrected chi connectivity index (χ0v) is 9.60. The number of hydrogen-bond acceptors (Lipinski definition) is 1. The number of hydrogen-bond donors (Lipinski definition) is 1. The van der Waals surface area contributed by atoms with Gasteiger partial charge >= 0.3 is 0 Å². The van der Waals surface area contributed by atoms with Crippen molar-refractivity contribution in [2.75, 3.05) is 0 Å². The highest BCUT2D eigenvalue weighted by molar-refractivity contribution is 6.31. The molecule has 0 fully saturated rings. The average Bonchev–Trinajstić information content (AvgIpc) is 2.23. The maximum atomic E-state index is 12.9. The smallest absolute Gasteiger partial charge is 0.123 e. The molecule has 1 N–H and O–H groups in total. The molecule has 1 aromatic carbocycles. The van der Waals surface area contributed by atoms with Gasteiger partial charge in [0.2, 0.25) is 0 Å². The van der Waals surface area contributed by atoms with Gasteiger partial charge in [-0.25, -0.2) is 4.39 Å². The predicted molar refractivity (Wildman–Crippen MR) is 60.6 cm³/mol. The van der Waals surface area contributed by atoms with Crippen molar-refractivity contribution < 1.29 is 9.50 Å². The van der Waals surface area contributed by atoms with E-state index in [2.05, 4.69) is 0 Å². The highest BCUT2D eigenvalue weighted by Gasteiger charge is 2.04. The fourth-order valence-electron chi connectivity index (χ4n) is 1.47. The molecule has 0 aliphatic carbocycles. The zero-order chi connectivity index (χ0) is 11.3. The fraction of sp³-hybridized carbons (Fsp3) is 0.500. The molecule has 15 heavy (non-hydrogen) atoms. The Bertz CT molecular complexity index is 314. The third kappa shape index (κ3) is 4.18. The van der Waals surface area contributed by atoms with E-state index in [1.807, 2.05) is 6.92 Å². The van der Waals surface area contributed by atoms with Crippen LogP contribution in [-0.2, 0) is 6.42 Å². The van der Waals surface area contributed by atoms with Crippen LogP contribution in [0.25, 0.3) is 0 Å². The summed E-state index contributed by atoms with van der Waals surface area (Å²) in [7, 11) is 0. The Labute approximate surface area is 94.9 Å². The van der Waals surface area contributed by atoms with E-state index in [9.17, 15) is 9.50 Å². The summed E-state index contributed by atoms with van der Waals surface area (Å²) < 4.78 is 12.9. The standard InChI is InChI=1S/C12H16ClFO/c1-2-11(15)5-3-4-9-8-10(14)6-7-12(9)13/h6-8,11,15H,2-5H2,1H3. The van der Waals surface area contributed by atoms with Gasteiger partial charge in [0, 0.05) is 5.02 Å². The lowest BCUT2D eigenvalue weighted by Crippen LogP contribution is -2.04. The van der Waals surface area contributed by atoms with Gasteiger partial charge in [0.25, 0.3) is 0 Å². The number of halogens is 2. The van der Waals surface area contributed by atoms with Crippen LogP contribution < -0.4 is 0 Å². The summed E-state index contributed by atoms with van der Waals surface area (Å²) in [6, 6.07) is 4.38. The normalized spacial score (nSPS) is 12.8. The second-order valence-corrected chi connectivity index (χ2v) is 4.10. The van der Waals surface area contributed by atoms with Crippen molar-refractivity contribution in [2.24, 2.45) is 0 Å². The first-order chi connectivity index (χ1) is 7.13. The Morgan fingerprint density at radius 2 is 2.20 bits per heavy atom. The van der Waals surface area contributed by atoms with Crippen molar-refractivity contribution in [1.82, 2.24) is 0 Å². The molecule has 0 spiro atoms. The van der Waals surface area contributed by atoms with E-state index >= 15 is 0 Å². The molecule has 3 heteroatoms. The Morgan fingerprint density at radius 1 is 1.47 bits per heavy atom. The van der Waals surface area contributed by atoms with Crippen molar-refractivity contribution in [3.63, 3.8) is 0 Å². The highest BCUT2D eigenvalue weighted by Crippen LogP contribution is 2.19. The van der Waals surface area contributed by atoms with E-state index in [1.165, 1.54) is 12.1 Å². The van der Waals surface area contributed by atoms with Gasteiger partial charge in [-0.1, -0.05) is 18.5 Å². The maximum absolute atomic E-state index is 12.9. The largest absolute Gasteiger partial charge is 0.393 e. The van der Waals surface area contributed by atoms with E-state index in [4.69, 9.17) is 11.6 Å². The van der Waals surface area contributed by atoms with E-state index in [-0.39, 0.29) is 11.9 Å². The molecule has 0 aliphatic heterocycles. The molecule has 0 saturated carbocycles. The lowest BCUT2D eigenvalue weighted by Gasteiger charge is -2.08. The summed E-state index contributed by atoms with van der Waals surface area (Å²) in [5, 5.41) is 9.95. The minimum absolute atomic E-state index is 0.252. The monoisotopic (exact) mass is 230 g/mol. The van der Waals surface area contributed by atoms with E-state index in [1.54, 1.807) is 6.07 Å². The van der Waals surface area contributed by atoms with Crippen LogP contribution in [0.5, 0.6) is 0 Å². The number of aliphatic hydroxyl groups is 1. The second-order valence-electron chi connectivity index (χ2n) is 3.69. The van der Waals surface area contributed by atoms with Gasteiger partial charge in [-0.3, -0.25) is 0 Å². The molecule has 1 rings (SSSR count). The number of aryl methyl sites for hydroxylation is 1. The average molecular weight is 231 g/mol. The van der Waals surface area contributed by atoms with Crippen LogP contribution in [0.1, 0.15) is 31.7 Å². The van der Waals surface area contributed by atoms with Gasteiger partial charge in [0.05, 0.1) is 6.10 Å². The van der Waals surface area contributed by atoms with Crippen LogP contribution in [0.3, 0.4) is 0 Å². The molecule has 0 aromatic heterocycles. The molecule has 0 radical (unpaired) electrons. The third-order valence-corrected chi connectivity index (χ3v) is 2.83. The molecule has 84 valence electrons. The molecule has 1 unspecified atom stereocenters. The first kappa shape index (κ1) is 12.5. The Morgan fingerprint density at radius 3 is 2.87 bits per heavy atom. The van der Waals surface area contributed by atoms with Gasteiger partial charge < -0.3 is 5.11 Å². The number of benzene rings is 1. The van der Waals surface area contributed by atoms with E-state index in [0.717, 1.165) is 24.8 Å². The van der Waals surface area contributed by atoms with Crippen molar-refractivity contribution in [3.05, 3.63) is 34.6 Å². The molecule has 1 aromatic rings. The lowest BCUT2D eigenvalue weighted by molar-refractivity contribution is 0.158. The summed E-state index contributed by atoms with van der Waals surface area (Å²) in [5.41, 5.74) is 0.819. The van der Waals surface area contributed by atoms with Crippen molar-refractivity contribution >= 4 is 11.6 Å². The molecule has 0 bridgehead atoms. The fourth-order valence-corrected chi connectivity index (χ4v) is 1.68. The van der Waals surface area contributed by atoms with Crippen molar-refractivity contribution in [3.8, 4) is 0 Å². The molecule has 0 saturated heterocycles. The molecular formula is C12H16ClFO. The SMILES string of the molecule is CCC(O)CCCc1cc(F)ccc1Cl. The van der Waals surface area contributed by atoms with Gasteiger partial charge in [-0.15, -0.1) is 0 Å². The summed E-state index contributed by atoms with van der Waals surface area (Å²) >= 11 is 5.92. The van der Waals surface area contributed by atoms with Crippen LogP contribution in [-0.4, -0.2) is 11.2 Å². The first-order valence-electron chi connectivity index (χ1n) is 5.25. The van der Waals surface area contributed by atoms with Gasteiger partial charge in [-0.05, 0) is 49.4 Å². The van der Waals surface area contributed by atoms with Crippen LogP contribution in [0.15, 0.2) is 18.2 Å². The Balaban J connectivity index is 2.46. The Hall–Kier alpha value is -0.600. The number of aliphatic hydroxyl groups excluding tert-OH is 1. The predicted octanol–water partition coefficient (Wildman–Crippen LogP) is 3.57. The topological polar surface area (TPSA) is 20.2 Å². The molecule has 1 nitrogen and oxygen atoms in total. The molecule has 0 heterocycles. The Kier molecular flexibility index (Phi) is 5.06. The number of rotatable bonds is 5. The van der Waals surface area contributed by atoms with Crippen molar-refractivity contribution in [2.45, 2.75) is 38.7 Å². The van der Waals surface area contributed by atoms with Gasteiger partial charge in [0.1, 0.15) is 5.82 Å². The van der Waals surface area contributed by atoms with Gasteiger partial charge in [0.15, 0.2) is 0 Å². The first-order valence-corrected chi connectivity index (χ1v) is 5.63. The second kappa shape index (κ2) is 6.09. The van der Waals surface area contributed by atoms with Gasteiger partial charge in [-0.2, -0.15) is 0 Å². The summed E-state index contributed by atoms with van der Waals surface area (Å²) in [5.74, 6) is -0.259. The molecular weight excluding hydrogens is 215 g/mol. The molecule has 0 aliphatic rings. The van der Waals surface area contributed by atoms with E-state index in [0.29, 0.717) is 11.4 Å². The van der Waals surface area contributed by atoms with E-state index < -0.39 is 0 Å². The van der Waals surface area contributed by atoms with Crippen molar-refractivity contribution in [1.29, 1.82) is 0 Å². The van der Waals surface area contributed by atoms with Crippen LogP contribution in [0.2, 0.25) is 5.02 Å².